The van der Waals surface area contributed by atoms with E-state index < -0.39 is 0 Å². The van der Waals surface area contributed by atoms with Gasteiger partial charge in [0.25, 0.3) is 0 Å². The molecule has 7 nitrogen and oxygen atoms in total. The molecule has 0 radical (unpaired) electrons. The SMILES string of the molecule is CCc1cnc(CN(C(C)=O)[C@H]2CCN(Cc3ccno3)C2)o1. The Morgan fingerprint density at radius 1 is 1.48 bits per heavy atom. The Hall–Kier alpha value is -2.15. The third-order valence-electron chi connectivity index (χ3n) is 4.22. The number of nitrogens with zero attached hydrogens (tertiary/aromatic N) is 4. The maximum atomic E-state index is 12.0. The van der Waals surface area contributed by atoms with Gasteiger partial charge in [-0.1, -0.05) is 12.1 Å². The van der Waals surface area contributed by atoms with Gasteiger partial charge < -0.3 is 13.8 Å². The lowest BCUT2D eigenvalue weighted by Gasteiger charge is -2.26. The summed E-state index contributed by atoms with van der Waals surface area (Å²) in [6, 6.07) is 2.04. The number of amides is 1. The zero-order chi connectivity index (χ0) is 16.2. The van der Waals surface area contributed by atoms with Crippen molar-refractivity contribution in [1.29, 1.82) is 0 Å². The van der Waals surface area contributed by atoms with Crippen molar-refractivity contribution in [3.8, 4) is 0 Å². The Bertz CT molecular complexity index is 638. The predicted octanol–water partition coefficient (Wildman–Crippen LogP) is 1.85. The third-order valence-corrected chi connectivity index (χ3v) is 4.22. The van der Waals surface area contributed by atoms with Gasteiger partial charge in [-0.15, -0.1) is 0 Å². The van der Waals surface area contributed by atoms with Crippen molar-refractivity contribution in [3.63, 3.8) is 0 Å². The first-order chi connectivity index (χ1) is 11.2. The van der Waals surface area contributed by atoms with E-state index in [1.807, 2.05) is 17.9 Å². The molecule has 3 rings (SSSR count). The quantitative estimate of drug-likeness (QED) is 0.809. The summed E-state index contributed by atoms with van der Waals surface area (Å²) < 4.78 is 10.8. The summed E-state index contributed by atoms with van der Waals surface area (Å²) in [7, 11) is 0. The van der Waals surface area contributed by atoms with E-state index in [0.717, 1.165) is 44.0 Å². The number of aromatic nitrogens is 2. The minimum Gasteiger partial charge on any atom is -0.444 e. The molecule has 124 valence electrons. The smallest absolute Gasteiger partial charge is 0.220 e. The molecule has 0 N–H and O–H groups in total. The largest absolute Gasteiger partial charge is 0.444 e. The Labute approximate surface area is 135 Å². The topological polar surface area (TPSA) is 75.6 Å². The van der Waals surface area contributed by atoms with Gasteiger partial charge in [0.05, 0.1) is 25.5 Å². The number of carbonyl (C=O) groups is 1. The summed E-state index contributed by atoms with van der Waals surface area (Å²) in [6.07, 6.45) is 5.13. The molecule has 1 aliphatic rings. The molecule has 0 bridgehead atoms. The van der Waals surface area contributed by atoms with Gasteiger partial charge in [0, 0.05) is 38.5 Å². The molecule has 0 aliphatic carbocycles. The maximum Gasteiger partial charge on any atom is 0.220 e. The van der Waals surface area contributed by atoms with Crippen LogP contribution in [0.4, 0.5) is 0 Å². The van der Waals surface area contributed by atoms with E-state index in [9.17, 15) is 4.79 Å². The van der Waals surface area contributed by atoms with Crippen molar-refractivity contribution in [1.82, 2.24) is 19.9 Å². The Morgan fingerprint density at radius 3 is 3.00 bits per heavy atom. The molecule has 7 heteroatoms. The normalized spacial score (nSPS) is 18.4. The van der Waals surface area contributed by atoms with Crippen LogP contribution in [0.3, 0.4) is 0 Å². The lowest BCUT2D eigenvalue weighted by atomic mass is 10.2. The number of likely N-dealkylation sites (tertiary alicyclic amines) is 1. The van der Waals surface area contributed by atoms with E-state index in [1.165, 1.54) is 0 Å². The summed E-state index contributed by atoms with van der Waals surface area (Å²) >= 11 is 0. The molecule has 1 aliphatic heterocycles. The number of carbonyl (C=O) groups excluding carboxylic acids is 1. The first-order valence-electron chi connectivity index (χ1n) is 7.98. The second-order valence-corrected chi connectivity index (χ2v) is 5.88. The van der Waals surface area contributed by atoms with Crippen LogP contribution in [-0.2, 0) is 24.3 Å². The van der Waals surface area contributed by atoms with Crippen LogP contribution >= 0.6 is 0 Å². The fourth-order valence-electron chi connectivity index (χ4n) is 2.98. The molecule has 0 spiro atoms. The molecule has 0 saturated carbocycles. The highest BCUT2D eigenvalue weighted by molar-refractivity contribution is 5.73. The molecule has 2 aromatic heterocycles. The Balaban J connectivity index is 1.61. The number of hydrogen-bond acceptors (Lipinski definition) is 6. The van der Waals surface area contributed by atoms with Crippen LogP contribution in [-0.4, -0.2) is 45.0 Å². The standard InChI is InChI=1S/C16H22N4O3/c1-3-14-8-17-16(22-14)11-20(12(2)21)13-5-7-19(9-13)10-15-4-6-18-23-15/h4,6,8,13H,3,5,7,9-11H2,1-2H3/t13-/m0/s1. The van der Waals surface area contributed by atoms with Gasteiger partial charge in [-0.05, 0) is 6.42 Å². The molecule has 2 aromatic rings. The average Bonchev–Trinajstić information content (AvgIpc) is 3.26. The third kappa shape index (κ3) is 3.79. The van der Waals surface area contributed by atoms with Crippen LogP contribution in [0.15, 0.2) is 27.4 Å². The van der Waals surface area contributed by atoms with Crippen LogP contribution in [0.1, 0.15) is 37.7 Å². The van der Waals surface area contributed by atoms with Gasteiger partial charge in [0.2, 0.25) is 11.8 Å². The molecule has 0 aromatic carbocycles. The van der Waals surface area contributed by atoms with Crippen LogP contribution < -0.4 is 0 Å². The van der Waals surface area contributed by atoms with Crippen LogP contribution in [0.5, 0.6) is 0 Å². The van der Waals surface area contributed by atoms with Gasteiger partial charge in [0.15, 0.2) is 5.76 Å². The summed E-state index contributed by atoms with van der Waals surface area (Å²) in [5, 5.41) is 3.73. The van der Waals surface area contributed by atoms with Crippen LogP contribution in [0, 0.1) is 0 Å². The lowest BCUT2D eigenvalue weighted by molar-refractivity contribution is -0.132. The molecule has 23 heavy (non-hydrogen) atoms. The predicted molar refractivity (Wildman–Crippen MR) is 82.3 cm³/mol. The molecule has 1 fully saturated rings. The van der Waals surface area contributed by atoms with E-state index in [-0.39, 0.29) is 11.9 Å². The van der Waals surface area contributed by atoms with E-state index in [1.54, 1.807) is 19.3 Å². The maximum absolute atomic E-state index is 12.0. The summed E-state index contributed by atoms with van der Waals surface area (Å²) in [5.41, 5.74) is 0. The first kappa shape index (κ1) is 15.7. The fourth-order valence-corrected chi connectivity index (χ4v) is 2.98. The van der Waals surface area contributed by atoms with Gasteiger partial charge in [-0.2, -0.15) is 0 Å². The second kappa shape index (κ2) is 6.95. The van der Waals surface area contributed by atoms with Crippen molar-refractivity contribution >= 4 is 5.91 Å². The van der Waals surface area contributed by atoms with Gasteiger partial charge in [-0.3, -0.25) is 9.69 Å². The molecule has 1 saturated heterocycles. The summed E-state index contributed by atoms with van der Waals surface area (Å²) in [4.78, 5) is 20.4. The van der Waals surface area contributed by atoms with E-state index in [0.29, 0.717) is 12.4 Å². The lowest BCUT2D eigenvalue weighted by Crippen LogP contribution is -2.40. The Morgan fingerprint density at radius 2 is 2.35 bits per heavy atom. The molecule has 1 amide bonds. The first-order valence-corrected chi connectivity index (χ1v) is 7.98. The highest BCUT2D eigenvalue weighted by Crippen LogP contribution is 2.20. The number of oxazole rings is 1. The highest BCUT2D eigenvalue weighted by Gasteiger charge is 2.30. The van der Waals surface area contributed by atoms with E-state index >= 15 is 0 Å². The Kier molecular flexibility index (Phi) is 4.76. The van der Waals surface area contributed by atoms with Gasteiger partial charge >= 0.3 is 0 Å². The summed E-state index contributed by atoms with van der Waals surface area (Å²) in [5.74, 6) is 2.35. The molecular weight excluding hydrogens is 296 g/mol. The van der Waals surface area contributed by atoms with Crippen molar-refractivity contribution in [2.45, 2.75) is 45.8 Å². The van der Waals surface area contributed by atoms with Gasteiger partial charge in [-0.25, -0.2) is 4.98 Å². The molecule has 3 heterocycles. The zero-order valence-electron chi connectivity index (χ0n) is 13.6. The molecular formula is C16H22N4O3. The molecule has 0 unspecified atom stereocenters. The highest BCUT2D eigenvalue weighted by atomic mass is 16.5. The summed E-state index contributed by atoms with van der Waals surface area (Å²) in [6.45, 7) is 6.52. The van der Waals surface area contributed by atoms with E-state index in [4.69, 9.17) is 8.94 Å². The minimum atomic E-state index is 0.0489. The monoisotopic (exact) mass is 318 g/mol. The van der Waals surface area contributed by atoms with Crippen molar-refractivity contribution in [2.24, 2.45) is 0 Å². The van der Waals surface area contributed by atoms with Crippen molar-refractivity contribution in [2.75, 3.05) is 13.1 Å². The van der Waals surface area contributed by atoms with Crippen molar-refractivity contribution < 1.29 is 13.7 Å². The minimum absolute atomic E-state index is 0.0489. The molecule has 1 atom stereocenters. The van der Waals surface area contributed by atoms with Crippen molar-refractivity contribution in [3.05, 3.63) is 35.9 Å². The number of aryl methyl sites for hydroxylation is 1. The van der Waals surface area contributed by atoms with Crippen LogP contribution in [0.25, 0.3) is 0 Å². The number of rotatable bonds is 6. The van der Waals surface area contributed by atoms with E-state index in [2.05, 4.69) is 15.0 Å². The second-order valence-electron chi connectivity index (χ2n) is 5.88. The van der Waals surface area contributed by atoms with Gasteiger partial charge in [0.1, 0.15) is 5.76 Å². The zero-order valence-corrected chi connectivity index (χ0v) is 13.6. The average molecular weight is 318 g/mol. The fraction of sp³-hybridized carbons (Fsp3) is 0.562. The van der Waals surface area contributed by atoms with Crippen LogP contribution in [0.2, 0.25) is 0 Å². The number of hydrogen-bond donors (Lipinski definition) is 0.